The van der Waals surface area contributed by atoms with Crippen LogP contribution in [-0.4, -0.2) is 54.2 Å². The number of fused-ring (bicyclic) bond motifs is 1. The zero-order valence-electron chi connectivity index (χ0n) is 22.2. The molecule has 4 N–H and O–H groups in total. The molecule has 4 rings (SSSR count). The molecule has 39 heavy (non-hydrogen) atoms. The average Bonchev–Trinajstić information content (AvgIpc) is 2.89. The third-order valence-electron chi connectivity index (χ3n) is 7.71. The smallest absolute Gasteiger partial charge is 0.416 e. The van der Waals surface area contributed by atoms with Gasteiger partial charge in [0.25, 0.3) is 5.91 Å². The normalized spacial score (nSPS) is 20.8. The number of aryl methyl sites for hydroxylation is 1. The molecule has 2 heterocycles. The van der Waals surface area contributed by atoms with Crippen molar-refractivity contribution >= 4 is 30.7 Å². The van der Waals surface area contributed by atoms with E-state index in [1.807, 2.05) is 26.0 Å². The first-order valence-corrected chi connectivity index (χ1v) is 12.9. The molecular weight excluding hydrogens is 554 g/mol. The molecular formula is C28H38Cl2F3N3O3. The first-order valence-electron chi connectivity index (χ1n) is 12.9. The van der Waals surface area contributed by atoms with Gasteiger partial charge >= 0.3 is 6.18 Å². The van der Waals surface area contributed by atoms with Crippen molar-refractivity contribution in [1.82, 2.24) is 10.2 Å². The molecule has 2 aromatic carbocycles. The Morgan fingerprint density at radius 3 is 2.38 bits per heavy atom. The molecule has 0 saturated carbocycles. The van der Waals surface area contributed by atoms with E-state index in [9.17, 15) is 23.1 Å². The Bertz CT molecular complexity index is 1090. The van der Waals surface area contributed by atoms with Gasteiger partial charge in [0.05, 0.1) is 17.8 Å². The minimum absolute atomic E-state index is 0. The van der Waals surface area contributed by atoms with E-state index in [-0.39, 0.29) is 54.5 Å². The molecule has 6 nitrogen and oxygen atoms in total. The topological polar surface area (TPSA) is 87.8 Å². The molecule has 0 aromatic heterocycles. The van der Waals surface area contributed by atoms with Crippen molar-refractivity contribution in [2.75, 3.05) is 26.2 Å². The lowest BCUT2D eigenvalue weighted by Crippen LogP contribution is -2.43. The molecule has 1 amide bonds. The number of amides is 1. The number of halogens is 5. The van der Waals surface area contributed by atoms with Gasteiger partial charge in [-0.2, -0.15) is 13.2 Å². The molecule has 0 bridgehead atoms. The van der Waals surface area contributed by atoms with Gasteiger partial charge in [-0.15, -0.1) is 24.8 Å². The Balaban J connectivity index is 0.00000267. The van der Waals surface area contributed by atoms with Crippen LogP contribution >= 0.6 is 24.8 Å². The quantitative estimate of drug-likeness (QED) is 0.400. The largest absolute Gasteiger partial charge is 0.507 e. The maximum atomic E-state index is 12.7. The standard InChI is InChI=1S/C28H36F3N3O3.2ClH/c1-17-3-8-22-23(26(17)35)15-24(37-25(22)16-32)19-10-13-34(14-11-19)12-9-18(2)33-27(36)20-4-6-21(7-5-20)28(29,30)31;;/h3-8,18-19,24-25,35H,9-16,32H2,1-2H3,(H,33,36);2*1H/t18?,24-,25-;;/m0../s1. The second-order valence-corrected chi connectivity index (χ2v) is 10.3. The van der Waals surface area contributed by atoms with Gasteiger partial charge in [0.2, 0.25) is 0 Å². The fraction of sp³-hybridized carbons (Fsp3) is 0.536. The predicted molar refractivity (Wildman–Crippen MR) is 150 cm³/mol. The van der Waals surface area contributed by atoms with Crippen LogP contribution in [0.5, 0.6) is 5.75 Å². The van der Waals surface area contributed by atoms with E-state index in [1.165, 1.54) is 12.1 Å². The lowest BCUT2D eigenvalue weighted by Gasteiger charge is -2.40. The highest BCUT2D eigenvalue weighted by Crippen LogP contribution is 2.40. The van der Waals surface area contributed by atoms with Crippen LogP contribution < -0.4 is 11.1 Å². The Labute approximate surface area is 240 Å². The zero-order valence-corrected chi connectivity index (χ0v) is 23.8. The van der Waals surface area contributed by atoms with E-state index < -0.39 is 11.7 Å². The number of ether oxygens (including phenoxy) is 1. The second kappa shape index (κ2) is 14.0. The summed E-state index contributed by atoms with van der Waals surface area (Å²) in [4.78, 5) is 14.8. The molecule has 0 aliphatic carbocycles. The number of alkyl halides is 3. The Morgan fingerprint density at radius 1 is 1.15 bits per heavy atom. The number of phenols is 1. The SMILES string of the molecule is Cc1ccc2c(c1O)C[C@@H](C1CCN(CCC(C)NC(=O)c3ccc(C(F)(F)F)cc3)CC1)O[C@H]2CN.Cl.Cl. The fourth-order valence-electron chi connectivity index (χ4n) is 5.39. The van der Waals surface area contributed by atoms with Gasteiger partial charge in [0, 0.05) is 36.7 Å². The molecule has 11 heteroatoms. The fourth-order valence-corrected chi connectivity index (χ4v) is 5.39. The van der Waals surface area contributed by atoms with Gasteiger partial charge in [-0.05, 0) is 87.5 Å². The van der Waals surface area contributed by atoms with Gasteiger partial charge < -0.3 is 25.8 Å². The highest BCUT2D eigenvalue weighted by Gasteiger charge is 2.35. The summed E-state index contributed by atoms with van der Waals surface area (Å²) >= 11 is 0. The highest BCUT2D eigenvalue weighted by atomic mass is 35.5. The van der Waals surface area contributed by atoms with Crippen LogP contribution in [0, 0.1) is 12.8 Å². The Kier molecular flexibility index (Phi) is 11.9. The first-order chi connectivity index (χ1) is 17.6. The van der Waals surface area contributed by atoms with Crippen LogP contribution in [-0.2, 0) is 17.3 Å². The number of nitrogens with one attached hydrogen (secondary N) is 1. The van der Waals surface area contributed by atoms with Crippen LogP contribution in [0.3, 0.4) is 0 Å². The van der Waals surface area contributed by atoms with Crippen LogP contribution in [0.15, 0.2) is 36.4 Å². The molecule has 3 atom stereocenters. The summed E-state index contributed by atoms with van der Waals surface area (Å²) in [5.74, 6) is 0.367. The molecule has 2 aromatic rings. The first kappa shape index (κ1) is 33.2. The van der Waals surface area contributed by atoms with Crippen LogP contribution in [0.1, 0.15) is 64.9 Å². The molecule has 1 unspecified atom stereocenters. The molecule has 1 fully saturated rings. The van der Waals surface area contributed by atoms with Gasteiger partial charge in [-0.3, -0.25) is 4.79 Å². The highest BCUT2D eigenvalue weighted by molar-refractivity contribution is 5.94. The van der Waals surface area contributed by atoms with Crippen molar-refractivity contribution in [3.63, 3.8) is 0 Å². The number of carbonyl (C=O) groups excluding carboxylic acids is 1. The monoisotopic (exact) mass is 591 g/mol. The number of likely N-dealkylation sites (tertiary alicyclic amines) is 1. The summed E-state index contributed by atoms with van der Waals surface area (Å²) in [5, 5.41) is 13.5. The number of piperidine rings is 1. The van der Waals surface area contributed by atoms with E-state index in [0.29, 0.717) is 24.6 Å². The number of benzene rings is 2. The lowest BCUT2D eigenvalue weighted by molar-refractivity contribution is -0.137. The maximum absolute atomic E-state index is 12.7. The average molecular weight is 593 g/mol. The Hall–Kier alpha value is -2.04. The molecule has 2 aliphatic rings. The summed E-state index contributed by atoms with van der Waals surface area (Å²) in [6.07, 6.45) is -1.20. The number of aromatic hydroxyl groups is 1. The maximum Gasteiger partial charge on any atom is 0.416 e. The second-order valence-electron chi connectivity index (χ2n) is 10.3. The van der Waals surface area contributed by atoms with Crippen LogP contribution in [0.25, 0.3) is 0 Å². The number of carbonyl (C=O) groups is 1. The third-order valence-corrected chi connectivity index (χ3v) is 7.71. The van der Waals surface area contributed by atoms with Gasteiger partial charge in [0.15, 0.2) is 0 Å². The Morgan fingerprint density at radius 2 is 1.79 bits per heavy atom. The minimum Gasteiger partial charge on any atom is -0.507 e. The number of rotatable bonds is 7. The van der Waals surface area contributed by atoms with Crippen LogP contribution in [0.4, 0.5) is 13.2 Å². The molecule has 0 spiro atoms. The van der Waals surface area contributed by atoms with E-state index in [0.717, 1.165) is 67.7 Å². The number of nitrogens with two attached hydrogens (primary N) is 1. The summed E-state index contributed by atoms with van der Waals surface area (Å²) in [6.45, 7) is 6.85. The van der Waals surface area contributed by atoms with E-state index in [1.54, 1.807) is 0 Å². The summed E-state index contributed by atoms with van der Waals surface area (Å²) < 4.78 is 44.6. The minimum atomic E-state index is -4.42. The van der Waals surface area contributed by atoms with E-state index in [4.69, 9.17) is 10.5 Å². The number of hydrogen-bond donors (Lipinski definition) is 3. The van der Waals surface area contributed by atoms with Gasteiger partial charge in [-0.25, -0.2) is 0 Å². The number of nitrogens with zero attached hydrogens (tertiary/aromatic N) is 1. The van der Waals surface area contributed by atoms with E-state index in [2.05, 4.69) is 10.2 Å². The van der Waals surface area contributed by atoms with Crippen molar-refractivity contribution in [3.05, 3.63) is 64.2 Å². The zero-order chi connectivity index (χ0) is 26.7. The predicted octanol–water partition coefficient (Wildman–Crippen LogP) is 5.42. The van der Waals surface area contributed by atoms with Crippen molar-refractivity contribution in [2.45, 2.75) is 64.0 Å². The van der Waals surface area contributed by atoms with Gasteiger partial charge in [0.1, 0.15) is 5.75 Å². The summed E-state index contributed by atoms with van der Waals surface area (Å²) in [5.41, 5.74) is 8.26. The van der Waals surface area contributed by atoms with Crippen molar-refractivity contribution in [2.24, 2.45) is 11.7 Å². The summed E-state index contributed by atoms with van der Waals surface area (Å²) in [7, 11) is 0. The lowest BCUT2D eigenvalue weighted by atomic mass is 9.83. The van der Waals surface area contributed by atoms with Crippen molar-refractivity contribution in [3.8, 4) is 5.75 Å². The van der Waals surface area contributed by atoms with E-state index >= 15 is 0 Å². The molecule has 218 valence electrons. The van der Waals surface area contributed by atoms with Crippen molar-refractivity contribution in [1.29, 1.82) is 0 Å². The molecule has 0 radical (unpaired) electrons. The molecule has 1 saturated heterocycles. The molecule has 2 aliphatic heterocycles. The summed E-state index contributed by atoms with van der Waals surface area (Å²) in [6, 6.07) is 8.08. The number of phenolic OH excluding ortho intramolecular Hbond substituents is 1. The van der Waals surface area contributed by atoms with Gasteiger partial charge in [-0.1, -0.05) is 12.1 Å². The van der Waals surface area contributed by atoms with Crippen molar-refractivity contribution < 1.29 is 27.8 Å². The third kappa shape index (κ3) is 8.01. The van der Waals surface area contributed by atoms with Crippen LogP contribution in [0.2, 0.25) is 0 Å². The number of hydrogen-bond acceptors (Lipinski definition) is 5.